The van der Waals surface area contributed by atoms with Crippen LogP contribution in [-0.4, -0.2) is 65.4 Å². The number of piperazine rings is 1. The minimum atomic E-state index is -0.576. The standard InChI is InChI=1S/C23H36N4O4/c1-4-16(2)20(25-23(30)24-18-9-6-5-7-10-18)22(29)26-12-13-27(17(3)15-26)21(28)19-11-8-14-31-19/h8,11,14,16-18,20H,4-7,9-10,12-13,15H2,1-3H3,(H2,24,25,30). The van der Waals surface area contributed by atoms with Crippen molar-refractivity contribution in [1.29, 1.82) is 0 Å². The number of hydrogen-bond donors (Lipinski definition) is 2. The van der Waals surface area contributed by atoms with Crippen LogP contribution >= 0.6 is 0 Å². The van der Waals surface area contributed by atoms with Crippen molar-refractivity contribution in [3.05, 3.63) is 24.2 Å². The first-order chi connectivity index (χ1) is 14.9. The fourth-order valence-corrected chi connectivity index (χ4v) is 4.50. The Morgan fingerprint density at radius 2 is 1.94 bits per heavy atom. The van der Waals surface area contributed by atoms with Crippen molar-refractivity contribution >= 4 is 17.8 Å². The number of nitrogens with one attached hydrogen (secondary N) is 2. The van der Waals surface area contributed by atoms with Gasteiger partial charge in [0.1, 0.15) is 6.04 Å². The van der Waals surface area contributed by atoms with Crippen LogP contribution in [0.25, 0.3) is 0 Å². The molecule has 1 aromatic heterocycles. The third-order valence-electron chi connectivity index (χ3n) is 6.64. The quantitative estimate of drug-likeness (QED) is 0.722. The molecule has 4 amide bonds. The number of nitrogens with zero attached hydrogens (tertiary/aromatic N) is 2. The predicted octanol–water partition coefficient (Wildman–Crippen LogP) is 3.00. The molecule has 3 atom stereocenters. The van der Waals surface area contributed by atoms with Crippen LogP contribution in [0.5, 0.6) is 0 Å². The smallest absolute Gasteiger partial charge is 0.315 e. The number of urea groups is 1. The third kappa shape index (κ3) is 5.80. The van der Waals surface area contributed by atoms with Crippen LogP contribution in [0.2, 0.25) is 0 Å². The number of amides is 4. The molecule has 3 unspecified atom stereocenters. The highest BCUT2D eigenvalue weighted by Gasteiger charge is 2.36. The average molecular weight is 433 g/mol. The fraction of sp³-hybridized carbons (Fsp3) is 0.696. The molecule has 3 rings (SSSR count). The van der Waals surface area contributed by atoms with Crippen molar-refractivity contribution in [2.45, 2.75) is 77.4 Å². The Morgan fingerprint density at radius 3 is 2.55 bits per heavy atom. The van der Waals surface area contributed by atoms with Gasteiger partial charge >= 0.3 is 6.03 Å². The Balaban J connectivity index is 1.59. The van der Waals surface area contributed by atoms with Crippen LogP contribution in [0.15, 0.2) is 22.8 Å². The van der Waals surface area contributed by atoms with Crippen molar-refractivity contribution in [3.8, 4) is 0 Å². The van der Waals surface area contributed by atoms with Gasteiger partial charge in [-0.3, -0.25) is 9.59 Å². The predicted molar refractivity (Wildman–Crippen MR) is 118 cm³/mol. The maximum Gasteiger partial charge on any atom is 0.315 e. The van der Waals surface area contributed by atoms with Gasteiger partial charge in [-0.1, -0.05) is 39.5 Å². The molecule has 8 heteroatoms. The maximum absolute atomic E-state index is 13.3. The number of rotatable bonds is 6. The van der Waals surface area contributed by atoms with Crippen LogP contribution in [0.3, 0.4) is 0 Å². The highest BCUT2D eigenvalue weighted by atomic mass is 16.3. The lowest BCUT2D eigenvalue weighted by atomic mass is 9.95. The zero-order chi connectivity index (χ0) is 22.4. The van der Waals surface area contributed by atoms with Gasteiger partial charge in [0.25, 0.3) is 5.91 Å². The molecule has 2 heterocycles. The summed E-state index contributed by atoms with van der Waals surface area (Å²) in [4.78, 5) is 42.1. The lowest BCUT2D eigenvalue weighted by Crippen LogP contribution is -2.61. The molecular formula is C23H36N4O4. The Kier molecular flexibility index (Phi) is 7.98. The van der Waals surface area contributed by atoms with Gasteiger partial charge in [-0.25, -0.2) is 4.79 Å². The Bertz CT molecular complexity index is 745. The lowest BCUT2D eigenvalue weighted by Gasteiger charge is -2.41. The first-order valence-electron chi connectivity index (χ1n) is 11.6. The molecule has 2 N–H and O–H groups in total. The fourth-order valence-electron chi connectivity index (χ4n) is 4.50. The summed E-state index contributed by atoms with van der Waals surface area (Å²) in [6.45, 7) is 7.26. The van der Waals surface area contributed by atoms with E-state index in [4.69, 9.17) is 4.42 Å². The van der Waals surface area contributed by atoms with E-state index in [0.717, 1.165) is 32.1 Å². The van der Waals surface area contributed by atoms with Crippen LogP contribution in [-0.2, 0) is 4.79 Å². The van der Waals surface area contributed by atoms with E-state index in [2.05, 4.69) is 10.6 Å². The van der Waals surface area contributed by atoms with Gasteiger partial charge in [-0.15, -0.1) is 0 Å². The molecular weight excluding hydrogens is 396 g/mol. The van der Waals surface area contributed by atoms with E-state index < -0.39 is 6.04 Å². The van der Waals surface area contributed by atoms with E-state index in [0.29, 0.717) is 25.4 Å². The normalized spacial score (nSPS) is 22.0. The molecule has 1 saturated carbocycles. The lowest BCUT2D eigenvalue weighted by molar-refractivity contribution is -0.137. The number of carbonyl (C=O) groups excluding carboxylic acids is 3. The first kappa shape index (κ1) is 23.2. The molecule has 31 heavy (non-hydrogen) atoms. The summed E-state index contributed by atoms with van der Waals surface area (Å²) in [6.07, 6.45) is 7.76. The molecule has 2 aliphatic rings. The molecule has 2 fully saturated rings. The van der Waals surface area contributed by atoms with E-state index in [1.165, 1.54) is 12.7 Å². The van der Waals surface area contributed by atoms with Crippen molar-refractivity contribution in [2.75, 3.05) is 19.6 Å². The minimum absolute atomic E-state index is 0.0164. The van der Waals surface area contributed by atoms with E-state index in [1.54, 1.807) is 21.9 Å². The SMILES string of the molecule is CCC(C)C(NC(=O)NC1CCCCC1)C(=O)N1CCN(C(=O)c2ccco2)C(C)C1. The number of furan rings is 1. The van der Waals surface area contributed by atoms with Crippen LogP contribution < -0.4 is 10.6 Å². The average Bonchev–Trinajstić information content (AvgIpc) is 3.31. The van der Waals surface area contributed by atoms with Crippen LogP contribution in [0.4, 0.5) is 4.79 Å². The molecule has 0 spiro atoms. The second-order valence-electron chi connectivity index (χ2n) is 8.93. The molecule has 1 saturated heterocycles. The van der Waals surface area contributed by atoms with Gasteiger partial charge < -0.3 is 24.9 Å². The highest BCUT2D eigenvalue weighted by Crippen LogP contribution is 2.19. The molecule has 0 aromatic carbocycles. The summed E-state index contributed by atoms with van der Waals surface area (Å²) in [7, 11) is 0. The molecule has 0 radical (unpaired) electrons. The van der Waals surface area contributed by atoms with Crippen LogP contribution in [0, 0.1) is 5.92 Å². The zero-order valence-electron chi connectivity index (χ0n) is 18.9. The van der Waals surface area contributed by atoms with Crippen molar-refractivity contribution in [1.82, 2.24) is 20.4 Å². The van der Waals surface area contributed by atoms with E-state index >= 15 is 0 Å². The highest BCUT2D eigenvalue weighted by molar-refractivity contribution is 5.92. The first-order valence-corrected chi connectivity index (χ1v) is 11.6. The van der Waals surface area contributed by atoms with Gasteiger partial charge in [-0.2, -0.15) is 0 Å². The van der Waals surface area contributed by atoms with Gasteiger partial charge in [0.15, 0.2) is 5.76 Å². The second kappa shape index (κ2) is 10.7. The zero-order valence-corrected chi connectivity index (χ0v) is 18.9. The Hall–Kier alpha value is -2.51. The molecule has 1 aliphatic heterocycles. The van der Waals surface area contributed by atoms with E-state index in [1.807, 2.05) is 20.8 Å². The summed E-state index contributed by atoms with van der Waals surface area (Å²) >= 11 is 0. The van der Waals surface area contributed by atoms with E-state index in [9.17, 15) is 14.4 Å². The summed E-state index contributed by atoms with van der Waals surface area (Å²) in [6, 6.07) is 2.57. The summed E-state index contributed by atoms with van der Waals surface area (Å²) in [5, 5.41) is 5.99. The Labute approximate surface area is 184 Å². The van der Waals surface area contributed by atoms with Gasteiger partial charge in [0.2, 0.25) is 5.91 Å². The molecule has 1 aliphatic carbocycles. The van der Waals surface area contributed by atoms with Crippen molar-refractivity contribution < 1.29 is 18.8 Å². The summed E-state index contributed by atoms with van der Waals surface area (Å²) in [5.74, 6) is 0.0889. The molecule has 1 aromatic rings. The second-order valence-corrected chi connectivity index (χ2v) is 8.93. The summed E-state index contributed by atoms with van der Waals surface area (Å²) in [5.41, 5.74) is 0. The van der Waals surface area contributed by atoms with Gasteiger partial charge in [0, 0.05) is 31.7 Å². The van der Waals surface area contributed by atoms with Crippen LogP contribution in [0.1, 0.15) is 69.9 Å². The number of carbonyl (C=O) groups is 3. The topological polar surface area (TPSA) is 94.9 Å². The van der Waals surface area contributed by atoms with Crippen molar-refractivity contribution in [3.63, 3.8) is 0 Å². The molecule has 0 bridgehead atoms. The number of hydrogen-bond acceptors (Lipinski definition) is 4. The minimum Gasteiger partial charge on any atom is -0.459 e. The third-order valence-corrected chi connectivity index (χ3v) is 6.64. The Morgan fingerprint density at radius 1 is 1.19 bits per heavy atom. The van der Waals surface area contributed by atoms with Crippen molar-refractivity contribution in [2.24, 2.45) is 5.92 Å². The molecule has 172 valence electrons. The van der Waals surface area contributed by atoms with Gasteiger partial charge in [0.05, 0.1) is 6.26 Å². The van der Waals surface area contributed by atoms with Gasteiger partial charge in [-0.05, 0) is 37.8 Å². The monoisotopic (exact) mass is 432 g/mol. The molecule has 8 nitrogen and oxygen atoms in total. The van der Waals surface area contributed by atoms with E-state index in [-0.39, 0.29) is 35.8 Å². The summed E-state index contributed by atoms with van der Waals surface area (Å²) < 4.78 is 5.24. The maximum atomic E-state index is 13.3. The largest absolute Gasteiger partial charge is 0.459 e.